The van der Waals surface area contributed by atoms with Gasteiger partial charge in [0.1, 0.15) is 11.5 Å². The Morgan fingerprint density at radius 2 is 1.93 bits per heavy atom. The maximum Gasteiger partial charge on any atom is 0.266 e. The van der Waals surface area contributed by atoms with E-state index in [1.165, 1.54) is 11.8 Å². The fourth-order valence-corrected chi connectivity index (χ4v) is 4.43. The highest BCUT2D eigenvalue weighted by atomic mass is 35.5. The standard InChI is InChI=1S/C21H15Cl2N3O2S/c1-2-26-20(27)17(29-21(26)25-18-8-3-4-11-24-18)12-13-9-10-16(28-13)19-14(22)6-5-7-15(19)23/h3-12H,2H2,1H3/b17-12+,25-21+. The predicted molar refractivity (Wildman–Crippen MR) is 118 cm³/mol. The number of thioether (sulfide) groups is 1. The number of hydrogen-bond acceptors (Lipinski definition) is 5. The van der Waals surface area contributed by atoms with Crippen LogP contribution in [-0.4, -0.2) is 27.5 Å². The van der Waals surface area contributed by atoms with Crippen LogP contribution in [0.3, 0.4) is 0 Å². The Bertz CT molecular complexity index is 1110. The lowest BCUT2D eigenvalue weighted by Crippen LogP contribution is -2.28. The summed E-state index contributed by atoms with van der Waals surface area (Å²) in [5.74, 6) is 1.50. The van der Waals surface area contributed by atoms with Crippen LogP contribution in [0.15, 0.2) is 69.0 Å². The number of halogens is 2. The Morgan fingerprint density at radius 1 is 1.14 bits per heavy atom. The number of aromatic nitrogens is 1. The molecule has 146 valence electrons. The molecular weight excluding hydrogens is 429 g/mol. The molecule has 0 aliphatic carbocycles. The lowest BCUT2D eigenvalue weighted by atomic mass is 10.2. The summed E-state index contributed by atoms with van der Waals surface area (Å²) in [6, 6.07) is 14.3. The highest BCUT2D eigenvalue weighted by molar-refractivity contribution is 8.18. The summed E-state index contributed by atoms with van der Waals surface area (Å²) in [5, 5.41) is 1.59. The summed E-state index contributed by atoms with van der Waals surface area (Å²) in [4.78, 5) is 23.6. The first-order chi connectivity index (χ1) is 14.1. The number of aliphatic imine (C=N–C) groups is 1. The van der Waals surface area contributed by atoms with Crippen molar-refractivity contribution in [3.05, 3.63) is 75.4 Å². The van der Waals surface area contributed by atoms with Crippen molar-refractivity contribution in [3.63, 3.8) is 0 Å². The Hall–Kier alpha value is -2.54. The summed E-state index contributed by atoms with van der Waals surface area (Å²) in [6.45, 7) is 2.41. The van der Waals surface area contributed by atoms with Crippen molar-refractivity contribution in [2.75, 3.05) is 6.54 Å². The molecule has 0 radical (unpaired) electrons. The van der Waals surface area contributed by atoms with Crippen LogP contribution in [0.5, 0.6) is 0 Å². The third-order valence-corrected chi connectivity index (χ3v) is 5.81. The number of nitrogens with zero attached hydrogens (tertiary/aromatic N) is 3. The minimum atomic E-state index is -0.124. The predicted octanol–water partition coefficient (Wildman–Crippen LogP) is 6.27. The molecule has 0 saturated carbocycles. The minimum Gasteiger partial charge on any atom is -0.457 e. The summed E-state index contributed by atoms with van der Waals surface area (Å²) in [7, 11) is 0. The summed E-state index contributed by atoms with van der Waals surface area (Å²) in [5.41, 5.74) is 0.624. The number of carbonyl (C=O) groups excluding carboxylic acids is 1. The third-order valence-electron chi connectivity index (χ3n) is 4.17. The molecule has 0 bridgehead atoms. The molecule has 0 atom stereocenters. The van der Waals surface area contributed by atoms with Crippen molar-refractivity contribution in [2.45, 2.75) is 6.92 Å². The van der Waals surface area contributed by atoms with Gasteiger partial charge in [-0.05, 0) is 55.1 Å². The summed E-state index contributed by atoms with van der Waals surface area (Å²) < 4.78 is 5.88. The van der Waals surface area contributed by atoms with Crippen molar-refractivity contribution in [1.29, 1.82) is 0 Å². The van der Waals surface area contributed by atoms with E-state index in [1.54, 1.807) is 53.6 Å². The highest BCUT2D eigenvalue weighted by Gasteiger charge is 2.32. The number of hydrogen-bond donors (Lipinski definition) is 0. The van der Waals surface area contributed by atoms with Gasteiger partial charge in [0.2, 0.25) is 0 Å². The summed E-state index contributed by atoms with van der Waals surface area (Å²) in [6.07, 6.45) is 3.36. The van der Waals surface area contributed by atoms with Gasteiger partial charge < -0.3 is 4.42 Å². The first-order valence-corrected chi connectivity index (χ1v) is 10.4. The second kappa shape index (κ2) is 8.45. The molecule has 1 amide bonds. The lowest BCUT2D eigenvalue weighted by molar-refractivity contribution is -0.122. The van der Waals surface area contributed by atoms with E-state index in [2.05, 4.69) is 9.98 Å². The van der Waals surface area contributed by atoms with Gasteiger partial charge in [-0.3, -0.25) is 9.69 Å². The molecule has 5 nitrogen and oxygen atoms in total. The second-order valence-corrected chi connectivity index (χ2v) is 7.86. The molecule has 8 heteroatoms. The van der Waals surface area contributed by atoms with Crippen LogP contribution in [0.25, 0.3) is 17.4 Å². The number of furan rings is 1. The van der Waals surface area contributed by atoms with Crippen molar-refractivity contribution < 1.29 is 9.21 Å². The smallest absolute Gasteiger partial charge is 0.266 e. The van der Waals surface area contributed by atoms with E-state index < -0.39 is 0 Å². The molecule has 1 aliphatic rings. The highest BCUT2D eigenvalue weighted by Crippen LogP contribution is 2.37. The van der Waals surface area contributed by atoms with Gasteiger partial charge in [-0.2, -0.15) is 0 Å². The van der Waals surface area contributed by atoms with E-state index in [-0.39, 0.29) is 5.91 Å². The van der Waals surface area contributed by atoms with E-state index in [4.69, 9.17) is 27.6 Å². The van der Waals surface area contributed by atoms with Crippen molar-refractivity contribution in [3.8, 4) is 11.3 Å². The van der Waals surface area contributed by atoms with E-state index in [1.807, 2.05) is 19.1 Å². The zero-order chi connectivity index (χ0) is 20.4. The van der Waals surface area contributed by atoms with Crippen LogP contribution in [0, 0.1) is 0 Å². The normalized spacial score (nSPS) is 16.9. The van der Waals surface area contributed by atoms with Crippen molar-refractivity contribution in [2.24, 2.45) is 4.99 Å². The average Bonchev–Trinajstić information content (AvgIpc) is 3.27. The van der Waals surface area contributed by atoms with E-state index in [0.717, 1.165) is 0 Å². The molecule has 2 aromatic heterocycles. The van der Waals surface area contributed by atoms with Crippen molar-refractivity contribution in [1.82, 2.24) is 9.88 Å². The SMILES string of the molecule is CCN1C(=O)/C(=C\c2ccc(-c3c(Cl)cccc3Cl)o2)S/C1=N/c1ccccn1. The Balaban J connectivity index is 1.64. The molecular formula is C21H15Cl2N3O2S. The molecule has 29 heavy (non-hydrogen) atoms. The number of likely N-dealkylation sites (N-methyl/N-ethyl adjacent to an activating group) is 1. The van der Waals surface area contributed by atoms with Gasteiger partial charge in [-0.15, -0.1) is 0 Å². The maximum atomic E-state index is 12.8. The van der Waals surface area contributed by atoms with Crippen LogP contribution >= 0.6 is 35.0 Å². The molecule has 0 spiro atoms. The second-order valence-electron chi connectivity index (χ2n) is 6.04. The van der Waals surface area contributed by atoms with E-state index in [0.29, 0.717) is 49.6 Å². The van der Waals surface area contributed by atoms with E-state index in [9.17, 15) is 4.79 Å². The minimum absolute atomic E-state index is 0.124. The van der Waals surface area contributed by atoms with Gasteiger partial charge in [-0.1, -0.05) is 35.3 Å². The maximum absolute atomic E-state index is 12.8. The third kappa shape index (κ3) is 4.10. The molecule has 3 heterocycles. The zero-order valence-electron chi connectivity index (χ0n) is 15.3. The van der Waals surface area contributed by atoms with Crippen LogP contribution in [0.2, 0.25) is 10.0 Å². The Morgan fingerprint density at radius 3 is 2.62 bits per heavy atom. The molecule has 0 N–H and O–H groups in total. The molecule has 1 aromatic carbocycles. The number of amides is 1. The number of carbonyl (C=O) groups is 1. The fourth-order valence-electron chi connectivity index (χ4n) is 2.82. The largest absolute Gasteiger partial charge is 0.457 e. The average molecular weight is 444 g/mol. The number of rotatable bonds is 4. The van der Waals surface area contributed by atoms with Crippen molar-refractivity contribution >= 4 is 57.9 Å². The molecule has 1 aliphatic heterocycles. The van der Waals surface area contributed by atoms with Gasteiger partial charge in [0.25, 0.3) is 5.91 Å². The first-order valence-electron chi connectivity index (χ1n) is 8.82. The monoisotopic (exact) mass is 443 g/mol. The van der Waals surface area contributed by atoms with Gasteiger partial charge >= 0.3 is 0 Å². The van der Waals surface area contributed by atoms with E-state index >= 15 is 0 Å². The lowest BCUT2D eigenvalue weighted by Gasteiger charge is -2.11. The first kappa shape index (κ1) is 19.8. The number of amidine groups is 1. The fraction of sp³-hybridized carbons (Fsp3) is 0.0952. The Kier molecular flexibility index (Phi) is 5.76. The summed E-state index contributed by atoms with van der Waals surface area (Å²) >= 11 is 13.8. The van der Waals surface area contributed by atoms with Gasteiger partial charge in [0.15, 0.2) is 11.0 Å². The molecule has 1 saturated heterocycles. The molecule has 0 unspecified atom stereocenters. The van der Waals surface area contributed by atoms with Crippen LogP contribution in [0.4, 0.5) is 5.82 Å². The quantitative estimate of drug-likeness (QED) is 0.445. The van der Waals surface area contributed by atoms with Crippen LogP contribution in [0.1, 0.15) is 12.7 Å². The van der Waals surface area contributed by atoms with Crippen LogP contribution < -0.4 is 0 Å². The molecule has 1 fully saturated rings. The zero-order valence-corrected chi connectivity index (χ0v) is 17.6. The van der Waals surface area contributed by atoms with Crippen LogP contribution in [-0.2, 0) is 4.79 Å². The number of pyridine rings is 1. The topological polar surface area (TPSA) is 58.7 Å². The molecule has 3 aromatic rings. The number of benzene rings is 1. The Labute approximate surface area is 182 Å². The van der Waals surface area contributed by atoms with Gasteiger partial charge in [0, 0.05) is 18.8 Å². The molecule has 4 rings (SSSR count). The van der Waals surface area contributed by atoms with Gasteiger partial charge in [0.05, 0.1) is 20.5 Å². The van der Waals surface area contributed by atoms with Gasteiger partial charge in [-0.25, -0.2) is 9.98 Å².